The van der Waals surface area contributed by atoms with Crippen LogP contribution in [0.25, 0.3) is 0 Å². The number of nitrogens with one attached hydrogen (secondary N) is 2. The van der Waals surface area contributed by atoms with Crippen LogP contribution in [-0.2, 0) is 9.59 Å². The minimum Gasteiger partial charge on any atom is -0.336 e. The van der Waals surface area contributed by atoms with Crippen LogP contribution >= 0.6 is 0 Å². The van der Waals surface area contributed by atoms with Crippen molar-refractivity contribution >= 4 is 17.8 Å². The summed E-state index contributed by atoms with van der Waals surface area (Å²) in [6.45, 7) is 5.47. The first-order chi connectivity index (χ1) is 11.7. The van der Waals surface area contributed by atoms with Gasteiger partial charge in [-0.1, -0.05) is 33.1 Å². The van der Waals surface area contributed by atoms with Gasteiger partial charge >= 0.3 is 6.03 Å². The molecule has 2 aliphatic rings. The number of carbonyl (C=O) groups is 3. The average molecular weight is 348 g/mol. The average Bonchev–Trinajstić information content (AvgIpc) is 2.77. The molecule has 7 nitrogen and oxygen atoms in total. The van der Waals surface area contributed by atoms with Gasteiger partial charge in [0.1, 0.15) is 17.6 Å². The fourth-order valence-corrected chi connectivity index (χ4v) is 3.51. The van der Waals surface area contributed by atoms with Crippen LogP contribution in [0.5, 0.6) is 0 Å². The molecule has 0 unspecified atom stereocenters. The molecule has 2 N–H and O–H groups in total. The highest BCUT2D eigenvalue weighted by Crippen LogP contribution is 2.28. The molecule has 25 heavy (non-hydrogen) atoms. The summed E-state index contributed by atoms with van der Waals surface area (Å²) in [6.07, 6.45) is 5.41. The number of urea groups is 1. The van der Waals surface area contributed by atoms with E-state index in [2.05, 4.69) is 30.6 Å². The number of imide groups is 1. The molecule has 0 aromatic heterocycles. The third kappa shape index (κ3) is 4.30. The SMILES string of the molecule is CC(C)CC[C@@]1(C)NC(=O)N(CC(=O)NC2(C#N)CCCCC2)C1=O. The third-order valence-electron chi connectivity index (χ3n) is 5.17. The number of hydrogen-bond donors (Lipinski definition) is 2. The Bertz CT molecular complexity index is 590. The second kappa shape index (κ2) is 7.42. The first-order valence-corrected chi connectivity index (χ1v) is 9.08. The molecule has 1 saturated heterocycles. The van der Waals surface area contributed by atoms with Crippen LogP contribution in [0.4, 0.5) is 4.79 Å². The molecular formula is C18H28N4O3. The van der Waals surface area contributed by atoms with Gasteiger partial charge < -0.3 is 10.6 Å². The Hall–Kier alpha value is -2.10. The fourth-order valence-electron chi connectivity index (χ4n) is 3.51. The maximum absolute atomic E-state index is 12.6. The summed E-state index contributed by atoms with van der Waals surface area (Å²) in [5.74, 6) is -0.413. The van der Waals surface area contributed by atoms with E-state index in [4.69, 9.17) is 0 Å². The molecule has 7 heteroatoms. The second-order valence-electron chi connectivity index (χ2n) is 7.89. The van der Waals surface area contributed by atoms with Crippen LogP contribution in [0.1, 0.15) is 65.7 Å². The first kappa shape index (κ1) is 19.2. The zero-order valence-corrected chi connectivity index (χ0v) is 15.4. The Morgan fingerprint density at radius 1 is 1.32 bits per heavy atom. The molecule has 0 radical (unpaired) electrons. The van der Waals surface area contributed by atoms with Crippen molar-refractivity contribution in [3.05, 3.63) is 0 Å². The van der Waals surface area contributed by atoms with Gasteiger partial charge in [-0.15, -0.1) is 0 Å². The number of hydrogen-bond acceptors (Lipinski definition) is 4. The van der Waals surface area contributed by atoms with Gasteiger partial charge in [0.25, 0.3) is 5.91 Å². The first-order valence-electron chi connectivity index (χ1n) is 9.08. The summed E-state index contributed by atoms with van der Waals surface area (Å²) in [5, 5.41) is 14.9. The zero-order valence-electron chi connectivity index (χ0n) is 15.4. The van der Waals surface area contributed by atoms with Gasteiger partial charge in [0, 0.05) is 0 Å². The molecule has 0 aromatic carbocycles. The second-order valence-corrected chi connectivity index (χ2v) is 7.89. The van der Waals surface area contributed by atoms with Crippen molar-refractivity contribution in [3.8, 4) is 6.07 Å². The Labute approximate surface area is 149 Å². The van der Waals surface area contributed by atoms with E-state index >= 15 is 0 Å². The summed E-state index contributed by atoms with van der Waals surface area (Å²) >= 11 is 0. The molecule has 0 aromatic rings. The van der Waals surface area contributed by atoms with Gasteiger partial charge in [-0.05, 0) is 38.5 Å². The van der Waals surface area contributed by atoms with Crippen LogP contribution < -0.4 is 10.6 Å². The van der Waals surface area contributed by atoms with E-state index in [1.165, 1.54) is 0 Å². The predicted octanol–water partition coefficient (Wildman–Crippen LogP) is 2.08. The predicted molar refractivity (Wildman–Crippen MR) is 92.3 cm³/mol. The summed E-state index contributed by atoms with van der Waals surface area (Å²) in [5.41, 5.74) is -1.82. The van der Waals surface area contributed by atoms with Crippen LogP contribution in [0, 0.1) is 17.2 Å². The van der Waals surface area contributed by atoms with Crippen molar-refractivity contribution in [1.29, 1.82) is 5.26 Å². The number of rotatable bonds is 6. The summed E-state index contributed by atoms with van der Waals surface area (Å²) in [6, 6.07) is 1.67. The van der Waals surface area contributed by atoms with Crippen LogP contribution in [0.3, 0.4) is 0 Å². The molecule has 0 spiro atoms. The molecule has 1 aliphatic carbocycles. The van der Waals surface area contributed by atoms with Gasteiger partial charge in [0.2, 0.25) is 5.91 Å². The smallest absolute Gasteiger partial charge is 0.325 e. The molecule has 1 heterocycles. The third-order valence-corrected chi connectivity index (χ3v) is 5.17. The molecule has 2 fully saturated rings. The molecule has 138 valence electrons. The van der Waals surface area contributed by atoms with E-state index < -0.39 is 23.0 Å². The Kier molecular flexibility index (Phi) is 5.71. The molecule has 2 rings (SSSR count). The van der Waals surface area contributed by atoms with E-state index in [0.717, 1.165) is 30.6 Å². The lowest BCUT2D eigenvalue weighted by molar-refractivity contribution is -0.135. The lowest BCUT2D eigenvalue weighted by Gasteiger charge is -2.32. The van der Waals surface area contributed by atoms with Gasteiger partial charge in [-0.25, -0.2) is 4.79 Å². The normalized spacial score (nSPS) is 25.6. The van der Waals surface area contributed by atoms with Crippen LogP contribution in [-0.4, -0.2) is 40.4 Å². The number of nitrogens with zero attached hydrogens (tertiary/aromatic N) is 2. The monoisotopic (exact) mass is 348 g/mol. The Balaban J connectivity index is 1.99. The van der Waals surface area contributed by atoms with E-state index in [0.29, 0.717) is 25.2 Å². The number of carbonyl (C=O) groups excluding carboxylic acids is 3. The molecule has 1 atom stereocenters. The summed E-state index contributed by atoms with van der Waals surface area (Å²) in [7, 11) is 0. The minimum absolute atomic E-state index is 0.342. The molecule has 1 aliphatic heterocycles. The van der Waals surface area contributed by atoms with E-state index in [1.807, 2.05) is 0 Å². The quantitative estimate of drug-likeness (QED) is 0.717. The molecular weight excluding hydrogens is 320 g/mol. The van der Waals surface area contributed by atoms with Gasteiger partial charge in [0.15, 0.2) is 0 Å². The lowest BCUT2D eigenvalue weighted by atomic mass is 9.83. The number of amides is 4. The Morgan fingerprint density at radius 3 is 2.52 bits per heavy atom. The van der Waals surface area contributed by atoms with Gasteiger partial charge in [-0.3, -0.25) is 14.5 Å². The van der Waals surface area contributed by atoms with Crippen molar-refractivity contribution in [3.63, 3.8) is 0 Å². The van der Waals surface area contributed by atoms with E-state index in [-0.39, 0.29) is 12.5 Å². The van der Waals surface area contributed by atoms with Gasteiger partial charge in [-0.2, -0.15) is 5.26 Å². The topological polar surface area (TPSA) is 102 Å². The van der Waals surface area contributed by atoms with E-state index in [9.17, 15) is 19.6 Å². The van der Waals surface area contributed by atoms with Crippen molar-refractivity contribution < 1.29 is 14.4 Å². The Morgan fingerprint density at radius 2 is 1.96 bits per heavy atom. The maximum atomic E-state index is 12.6. The van der Waals surface area contributed by atoms with Crippen molar-refractivity contribution in [2.24, 2.45) is 5.92 Å². The molecule has 1 saturated carbocycles. The minimum atomic E-state index is -0.959. The van der Waals surface area contributed by atoms with E-state index in [1.54, 1.807) is 6.92 Å². The zero-order chi connectivity index (χ0) is 18.7. The maximum Gasteiger partial charge on any atom is 0.325 e. The van der Waals surface area contributed by atoms with Crippen LogP contribution in [0.15, 0.2) is 0 Å². The summed E-state index contributed by atoms with van der Waals surface area (Å²) < 4.78 is 0. The largest absolute Gasteiger partial charge is 0.336 e. The molecule has 4 amide bonds. The van der Waals surface area contributed by atoms with Crippen LogP contribution in [0.2, 0.25) is 0 Å². The molecule has 0 bridgehead atoms. The highest BCUT2D eigenvalue weighted by molar-refractivity contribution is 6.08. The summed E-state index contributed by atoms with van der Waals surface area (Å²) in [4.78, 5) is 38.1. The number of nitriles is 1. The highest BCUT2D eigenvalue weighted by atomic mass is 16.2. The highest BCUT2D eigenvalue weighted by Gasteiger charge is 2.48. The van der Waals surface area contributed by atoms with Gasteiger partial charge in [0.05, 0.1) is 6.07 Å². The van der Waals surface area contributed by atoms with Crippen molar-refractivity contribution in [1.82, 2.24) is 15.5 Å². The fraction of sp³-hybridized carbons (Fsp3) is 0.778. The van der Waals surface area contributed by atoms with Crippen molar-refractivity contribution in [2.45, 2.75) is 76.8 Å². The standard InChI is InChI=1S/C18H28N4O3/c1-13(2)7-10-17(3)15(24)22(16(25)21-17)11-14(23)20-18(12-19)8-5-4-6-9-18/h13H,4-11H2,1-3H3,(H,20,23)(H,21,25)/t17-/m1/s1. The van der Waals surface area contributed by atoms with Crippen molar-refractivity contribution in [2.75, 3.05) is 6.54 Å². The lowest BCUT2D eigenvalue weighted by Crippen LogP contribution is -2.52.